The molecule has 3 heteroatoms. The van der Waals surface area contributed by atoms with E-state index in [1.807, 2.05) is 0 Å². The lowest BCUT2D eigenvalue weighted by atomic mass is 9.76. The molecule has 3 N–H and O–H groups in total. The van der Waals surface area contributed by atoms with Crippen LogP contribution in [-0.2, 0) is 4.79 Å². The Labute approximate surface area is 111 Å². The fourth-order valence-electron chi connectivity index (χ4n) is 3.68. The maximum atomic E-state index is 12.4. The Morgan fingerprint density at radius 1 is 1.22 bits per heavy atom. The van der Waals surface area contributed by atoms with Crippen LogP contribution < -0.4 is 11.1 Å². The number of carbonyl (C=O) groups is 1. The Kier molecular flexibility index (Phi) is 4.00. The zero-order valence-electron chi connectivity index (χ0n) is 12.0. The van der Waals surface area contributed by atoms with Crippen LogP contribution >= 0.6 is 0 Å². The number of rotatable bonds is 2. The van der Waals surface area contributed by atoms with Gasteiger partial charge in [-0.05, 0) is 43.4 Å². The summed E-state index contributed by atoms with van der Waals surface area (Å²) in [6, 6.07) is 0.338. The highest BCUT2D eigenvalue weighted by Crippen LogP contribution is 2.34. The minimum absolute atomic E-state index is 0.0972. The van der Waals surface area contributed by atoms with Crippen LogP contribution in [0.1, 0.15) is 59.3 Å². The van der Waals surface area contributed by atoms with E-state index in [0.29, 0.717) is 23.8 Å². The van der Waals surface area contributed by atoms with Gasteiger partial charge in [0.15, 0.2) is 0 Å². The average molecular weight is 252 g/mol. The van der Waals surface area contributed by atoms with Gasteiger partial charge in [-0.25, -0.2) is 0 Å². The van der Waals surface area contributed by atoms with Crippen LogP contribution in [0.4, 0.5) is 0 Å². The van der Waals surface area contributed by atoms with Gasteiger partial charge < -0.3 is 11.1 Å². The van der Waals surface area contributed by atoms with Crippen molar-refractivity contribution in [1.29, 1.82) is 0 Å². The van der Waals surface area contributed by atoms with Crippen molar-refractivity contribution in [2.45, 2.75) is 70.9 Å². The van der Waals surface area contributed by atoms with Crippen LogP contribution in [0.25, 0.3) is 0 Å². The number of hydrogen-bond acceptors (Lipinski definition) is 2. The van der Waals surface area contributed by atoms with E-state index in [1.165, 1.54) is 12.8 Å². The van der Waals surface area contributed by atoms with E-state index in [-0.39, 0.29) is 5.91 Å². The molecule has 0 radical (unpaired) electrons. The molecule has 2 rings (SSSR count). The number of carbonyl (C=O) groups excluding carboxylic acids is 1. The van der Waals surface area contributed by atoms with Crippen molar-refractivity contribution in [1.82, 2.24) is 5.32 Å². The molecule has 2 fully saturated rings. The Balaban J connectivity index is 1.95. The highest BCUT2D eigenvalue weighted by atomic mass is 16.2. The van der Waals surface area contributed by atoms with Gasteiger partial charge in [-0.3, -0.25) is 4.79 Å². The van der Waals surface area contributed by atoms with Crippen LogP contribution in [0.2, 0.25) is 0 Å². The summed E-state index contributed by atoms with van der Waals surface area (Å²) in [6.07, 6.45) is 6.32. The molecule has 104 valence electrons. The summed E-state index contributed by atoms with van der Waals surface area (Å²) in [7, 11) is 0. The highest BCUT2D eigenvalue weighted by Gasteiger charge is 2.40. The second-order valence-corrected chi connectivity index (χ2v) is 6.85. The number of hydrogen-bond donors (Lipinski definition) is 2. The number of nitrogens with one attached hydrogen (secondary N) is 1. The fourth-order valence-corrected chi connectivity index (χ4v) is 3.68. The maximum absolute atomic E-state index is 12.4. The zero-order valence-corrected chi connectivity index (χ0v) is 12.0. The van der Waals surface area contributed by atoms with Gasteiger partial charge in [0.2, 0.25) is 5.91 Å². The third-order valence-corrected chi connectivity index (χ3v) is 5.27. The molecule has 0 saturated heterocycles. The standard InChI is InChI=1S/C15H28N2O/c1-10-5-4-8-15(16,9-10)14(18)17-13-7-6-11(2)12(13)3/h10-13H,4-9,16H2,1-3H3,(H,17,18). The van der Waals surface area contributed by atoms with Gasteiger partial charge in [0.1, 0.15) is 0 Å². The van der Waals surface area contributed by atoms with E-state index in [0.717, 1.165) is 25.7 Å². The predicted octanol–water partition coefficient (Wildman–Crippen LogP) is 2.44. The summed E-state index contributed by atoms with van der Waals surface area (Å²) in [5, 5.41) is 3.23. The van der Waals surface area contributed by atoms with Gasteiger partial charge in [0, 0.05) is 6.04 Å². The van der Waals surface area contributed by atoms with E-state index >= 15 is 0 Å². The lowest BCUT2D eigenvalue weighted by molar-refractivity contribution is -0.129. The third-order valence-electron chi connectivity index (χ3n) is 5.27. The van der Waals surface area contributed by atoms with Crippen molar-refractivity contribution in [2.24, 2.45) is 23.5 Å². The molecule has 0 aliphatic heterocycles. The van der Waals surface area contributed by atoms with Gasteiger partial charge in [-0.2, -0.15) is 0 Å². The Morgan fingerprint density at radius 3 is 2.50 bits per heavy atom. The first-order valence-electron chi connectivity index (χ1n) is 7.52. The highest BCUT2D eigenvalue weighted by molar-refractivity contribution is 5.86. The second kappa shape index (κ2) is 5.20. The second-order valence-electron chi connectivity index (χ2n) is 6.85. The topological polar surface area (TPSA) is 55.1 Å². The minimum atomic E-state index is -0.608. The molecule has 0 spiro atoms. The monoisotopic (exact) mass is 252 g/mol. The minimum Gasteiger partial charge on any atom is -0.351 e. The molecular formula is C15H28N2O. The van der Waals surface area contributed by atoms with Gasteiger partial charge >= 0.3 is 0 Å². The summed E-state index contributed by atoms with van der Waals surface area (Å²) in [6.45, 7) is 6.72. The van der Waals surface area contributed by atoms with E-state index in [9.17, 15) is 4.79 Å². The van der Waals surface area contributed by atoms with Gasteiger partial charge in [0.05, 0.1) is 5.54 Å². The average Bonchev–Trinajstić information content (AvgIpc) is 2.60. The summed E-state index contributed by atoms with van der Waals surface area (Å²) in [4.78, 5) is 12.4. The fraction of sp³-hybridized carbons (Fsp3) is 0.933. The molecule has 0 heterocycles. The number of amides is 1. The lowest BCUT2D eigenvalue weighted by Gasteiger charge is -2.36. The molecule has 0 aromatic carbocycles. The van der Waals surface area contributed by atoms with Crippen molar-refractivity contribution in [3.8, 4) is 0 Å². The first-order chi connectivity index (χ1) is 8.42. The Hall–Kier alpha value is -0.570. The normalized spacial score (nSPS) is 44.9. The van der Waals surface area contributed by atoms with E-state index in [2.05, 4.69) is 26.1 Å². The molecule has 2 saturated carbocycles. The molecule has 0 aromatic rings. The van der Waals surface area contributed by atoms with Crippen LogP contribution in [0.3, 0.4) is 0 Å². The van der Waals surface area contributed by atoms with E-state index in [4.69, 9.17) is 5.73 Å². The van der Waals surface area contributed by atoms with Crippen molar-refractivity contribution < 1.29 is 4.79 Å². The maximum Gasteiger partial charge on any atom is 0.240 e. The third kappa shape index (κ3) is 2.71. The first-order valence-corrected chi connectivity index (χ1v) is 7.52. The van der Waals surface area contributed by atoms with Gasteiger partial charge in [-0.1, -0.05) is 33.6 Å². The molecule has 5 atom stereocenters. The van der Waals surface area contributed by atoms with Gasteiger partial charge in [0.25, 0.3) is 0 Å². The van der Waals surface area contributed by atoms with Crippen molar-refractivity contribution in [2.75, 3.05) is 0 Å². The molecule has 1 amide bonds. The van der Waals surface area contributed by atoms with Crippen LogP contribution in [0.5, 0.6) is 0 Å². The van der Waals surface area contributed by atoms with Crippen molar-refractivity contribution in [3.63, 3.8) is 0 Å². The SMILES string of the molecule is CC1CCCC(N)(C(=O)NC2CCC(C)C2C)C1. The molecule has 5 unspecified atom stereocenters. The molecule has 0 bridgehead atoms. The molecular weight excluding hydrogens is 224 g/mol. The first kappa shape index (κ1) is 13.9. The van der Waals surface area contributed by atoms with Gasteiger partial charge in [-0.15, -0.1) is 0 Å². The predicted molar refractivity (Wildman–Crippen MR) is 74.0 cm³/mol. The summed E-state index contributed by atoms with van der Waals surface area (Å²) in [5.41, 5.74) is 5.73. The molecule has 0 aromatic heterocycles. The van der Waals surface area contributed by atoms with Crippen LogP contribution in [-0.4, -0.2) is 17.5 Å². The Morgan fingerprint density at radius 2 is 1.94 bits per heavy atom. The summed E-state index contributed by atoms with van der Waals surface area (Å²) in [5.74, 6) is 1.97. The van der Waals surface area contributed by atoms with Crippen LogP contribution in [0, 0.1) is 17.8 Å². The molecule has 2 aliphatic carbocycles. The van der Waals surface area contributed by atoms with Crippen LogP contribution in [0.15, 0.2) is 0 Å². The summed E-state index contributed by atoms with van der Waals surface area (Å²) < 4.78 is 0. The largest absolute Gasteiger partial charge is 0.351 e. The number of nitrogens with two attached hydrogens (primary N) is 1. The molecule has 2 aliphatic rings. The zero-order chi connectivity index (χ0) is 13.3. The van der Waals surface area contributed by atoms with E-state index in [1.54, 1.807) is 0 Å². The van der Waals surface area contributed by atoms with Crippen molar-refractivity contribution >= 4 is 5.91 Å². The smallest absolute Gasteiger partial charge is 0.240 e. The molecule has 3 nitrogen and oxygen atoms in total. The quantitative estimate of drug-likeness (QED) is 0.793. The van der Waals surface area contributed by atoms with E-state index < -0.39 is 5.54 Å². The summed E-state index contributed by atoms with van der Waals surface area (Å²) >= 11 is 0. The lowest BCUT2D eigenvalue weighted by Crippen LogP contribution is -2.58. The molecule has 18 heavy (non-hydrogen) atoms. The van der Waals surface area contributed by atoms with Crippen molar-refractivity contribution in [3.05, 3.63) is 0 Å². The Bertz CT molecular complexity index is 318.